The maximum atomic E-state index is 14.1. The van der Waals surface area contributed by atoms with Crippen LogP contribution >= 0.6 is 27.5 Å². The lowest BCUT2D eigenvalue weighted by Crippen LogP contribution is -2.39. The Kier molecular flexibility index (Phi) is 6.86. The zero-order valence-corrected chi connectivity index (χ0v) is 25.3. The van der Waals surface area contributed by atoms with Crippen molar-refractivity contribution in [1.29, 1.82) is 0 Å². The molecule has 0 spiro atoms. The number of Topliss-reactive ketones (excluding diaryl/α,β-unsaturated/α-hetero) is 1. The second kappa shape index (κ2) is 10.6. The number of phenolic OH excluding ortho intramolecular Hbond substituents is 1. The molecule has 0 saturated carbocycles. The summed E-state index contributed by atoms with van der Waals surface area (Å²) in [5.74, 6) is -4.56. The molecule has 0 bridgehead atoms. The fourth-order valence-corrected chi connectivity index (χ4v) is 7.72. The van der Waals surface area contributed by atoms with Crippen LogP contribution in [0.4, 0.5) is 5.69 Å². The second-order valence-electron chi connectivity index (χ2n) is 11.4. The number of benzene rings is 3. The first kappa shape index (κ1) is 28.4. The van der Waals surface area contributed by atoms with Crippen LogP contribution in [0.2, 0.25) is 5.02 Å². The Morgan fingerprint density at radius 3 is 2.32 bits per heavy atom. The molecule has 218 valence electrons. The van der Waals surface area contributed by atoms with Gasteiger partial charge < -0.3 is 5.11 Å². The van der Waals surface area contributed by atoms with Crippen molar-refractivity contribution in [2.24, 2.45) is 17.8 Å². The zero-order valence-electron chi connectivity index (χ0n) is 23.0. The number of carbonyl (C=O) groups is 5. The molecule has 2 amide bonds. The minimum absolute atomic E-state index is 0.0932. The number of imide groups is 1. The van der Waals surface area contributed by atoms with Crippen LogP contribution in [0.3, 0.4) is 0 Å². The summed E-state index contributed by atoms with van der Waals surface area (Å²) < 4.78 is 0.121. The number of nitrogens with zero attached hydrogens (tertiary/aromatic N) is 1. The fourth-order valence-electron chi connectivity index (χ4n) is 7.09. The number of hydrogen-bond donors (Lipinski definition) is 1. The standard InChI is InChI=1S/C35H23BrClNO6/c36-26-16-28(40)31-25(33(26)42)15-23-21(29(31)24-14-19(37)8-13-27(24)39)11-12-22-30(23)35(44)38(34(22)43)20-9-6-18(7-10-20)32(41)17-4-2-1-3-5-17/h1-11,13-14,16,22-23,29-30,39H,12,15H2. The van der Waals surface area contributed by atoms with Crippen molar-refractivity contribution in [3.05, 3.63) is 128 Å². The highest BCUT2D eigenvalue weighted by molar-refractivity contribution is 9.12. The maximum absolute atomic E-state index is 14.1. The summed E-state index contributed by atoms with van der Waals surface area (Å²) in [5.41, 5.74) is 2.90. The third-order valence-corrected chi connectivity index (χ3v) is 9.88. The third kappa shape index (κ3) is 4.35. The molecule has 0 radical (unpaired) electrons. The summed E-state index contributed by atoms with van der Waals surface area (Å²) in [5, 5.41) is 11.2. The van der Waals surface area contributed by atoms with E-state index in [4.69, 9.17) is 11.6 Å². The molecule has 44 heavy (non-hydrogen) atoms. The predicted molar refractivity (Wildman–Crippen MR) is 167 cm³/mol. The minimum atomic E-state index is -0.808. The van der Waals surface area contributed by atoms with E-state index >= 15 is 0 Å². The van der Waals surface area contributed by atoms with Gasteiger partial charge in [-0.2, -0.15) is 0 Å². The van der Waals surface area contributed by atoms with Crippen molar-refractivity contribution in [1.82, 2.24) is 0 Å². The van der Waals surface area contributed by atoms with E-state index in [1.54, 1.807) is 54.6 Å². The van der Waals surface area contributed by atoms with Gasteiger partial charge in [0.25, 0.3) is 0 Å². The highest BCUT2D eigenvalue weighted by Crippen LogP contribution is 2.56. The van der Waals surface area contributed by atoms with E-state index < -0.39 is 29.6 Å². The predicted octanol–water partition coefficient (Wildman–Crippen LogP) is 6.24. The Bertz CT molecular complexity index is 1910. The van der Waals surface area contributed by atoms with Gasteiger partial charge in [0.1, 0.15) is 5.75 Å². The van der Waals surface area contributed by atoms with Crippen molar-refractivity contribution < 1.29 is 29.1 Å². The van der Waals surface area contributed by atoms with Gasteiger partial charge in [0.05, 0.1) is 22.0 Å². The monoisotopic (exact) mass is 667 g/mol. The number of carbonyl (C=O) groups excluding carboxylic acids is 5. The fraction of sp³-hybridized carbons (Fsp3) is 0.171. The van der Waals surface area contributed by atoms with Gasteiger partial charge in [0.2, 0.25) is 11.8 Å². The third-order valence-electron chi connectivity index (χ3n) is 9.06. The van der Waals surface area contributed by atoms with Crippen LogP contribution in [-0.4, -0.2) is 34.3 Å². The lowest BCUT2D eigenvalue weighted by Gasteiger charge is -2.42. The summed E-state index contributed by atoms with van der Waals surface area (Å²) >= 11 is 9.53. The van der Waals surface area contributed by atoms with Gasteiger partial charge >= 0.3 is 0 Å². The Morgan fingerprint density at radius 2 is 1.59 bits per heavy atom. The van der Waals surface area contributed by atoms with E-state index in [2.05, 4.69) is 15.9 Å². The number of hydrogen-bond acceptors (Lipinski definition) is 6. The van der Waals surface area contributed by atoms with Gasteiger partial charge in [0, 0.05) is 44.9 Å². The molecule has 7 rings (SSSR count). The number of ketones is 3. The van der Waals surface area contributed by atoms with E-state index in [0.717, 1.165) is 0 Å². The summed E-state index contributed by atoms with van der Waals surface area (Å²) in [6.07, 6.45) is 3.47. The normalized spacial score (nSPS) is 24.5. The van der Waals surface area contributed by atoms with Crippen molar-refractivity contribution in [3.8, 4) is 5.75 Å². The van der Waals surface area contributed by atoms with Crippen molar-refractivity contribution in [2.45, 2.75) is 18.8 Å². The Labute approximate surface area is 265 Å². The first-order valence-corrected chi connectivity index (χ1v) is 15.3. The van der Waals surface area contributed by atoms with E-state index in [0.29, 0.717) is 33.0 Å². The first-order chi connectivity index (χ1) is 21.2. The van der Waals surface area contributed by atoms with E-state index in [9.17, 15) is 29.1 Å². The van der Waals surface area contributed by atoms with Crippen LogP contribution in [0.1, 0.15) is 40.2 Å². The zero-order chi connectivity index (χ0) is 30.9. The number of phenols is 1. The highest BCUT2D eigenvalue weighted by Gasteiger charge is 2.57. The molecule has 1 heterocycles. The van der Waals surface area contributed by atoms with E-state index in [1.807, 2.05) is 12.1 Å². The molecule has 1 N–H and O–H groups in total. The smallest absolute Gasteiger partial charge is 0.238 e. The molecular formula is C35H23BrClNO6. The van der Waals surface area contributed by atoms with Crippen LogP contribution in [0.15, 0.2) is 106 Å². The lowest BCUT2D eigenvalue weighted by atomic mass is 9.59. The van der Waals surface area contributed by atoms with Gasteiger partial charge in [-0.3, -0.25) is 28.9 Å². The summed E-state index contributed by atoms with van der Waals surface area (Å²) in [6, 6.07) is 19.7. The Hall–Kier alpha value is -4.40. The average molecular weight is 669 g/mol. The minimum Gasteiger partial charge on any atom is -0.508 e. The largest absolute Gasteiger partial charge is 0.508 e. The Morgan fingerprint density at radius 1 is 0.886 bits per heavy atom. The number of fused-ring (bicyclic) bond motifs is 3. The molecule has 0 aromatic heterocycles. The number of aromatic hydroxyl groups is 1. The highest BCUT2D eigenvalue weighted by atomic mass is 79.9. The Balaban J connectivity index is 1.27. The van der Waals surface area contributed by atoms with E-state index in [-0.39, 0.29) is 57.5 Å². The van der Waals surface area contributed by atoms with Gasteiger partial charge in [0.15, 0.2) is 17.3 Å². The van der Waals surface area contributed by atoms with Crippen molar-refractivity contribution in [2.75, 3.05) is 4.90 Å². The topological polar surface area (TPSA) is 109 Å². The van der Waals surface area contributed by atoms with Gasteiger partial charge in [-0.1, -0.05) is 53.6 Å². The van der Waals surface area contributed by atoms with Gasteiger partial charge in [-0.15, -0.1) is 0 Å². The molecule has 1 saturated heterocycles. The SMILES string of the molecule is O=C1C=C(Br)C(=O)C2=C1C(c1cc(Cl)ccc1O)C1=CCC3C(=O)N(c4ccc(C(=O)c5ccccc5)cc4)C(=O)C3C1C2. The molecule has 1 aliphatic heterocycles. The lowest BCUT2D eigenvalue weighted by molar-refractivity contribution is -0.123. The van der Waals surface area contributed by atoms with Crippen LogP contribution < -0.4 is 4.90 Å². The van der Waals surface area contributed by atoms with Crippen LogP contribution in [-0.2, 0) is 19.2 Å². The average Bonchev–Trinajstić information content (AvgIpc) is 3.29. The second-order valence-corrected chi connectivity index (χ2v) is 12.6. The van der Waals surface area contributed by atoms with Crippen LogP contribution in [0.5, 0.6) is 5.75 Å². The molecule has 3 aliphatic carbocycles. The summed E-state index contributed by atoms with van der Waals surface area (Å²) in [7, 11) is 0. The first-order valence-electron chi connectivity index (χ1n) is 14.1. The number of halogens is 2. The molecule has 1 fully saturated rings. The van der Waals surface area contributed by atoms with Crippen molar-refractivity contribution >= 4 is 62.4 Å². The van der Waals surface area contributed by atoms with Gasteiger partial charge in [-0.05, 0) is 77.2 Å². The number of anilines is 1. The number of allylic oxidation sites excluding steroid dienone is 6. The summed E-state index contributed by atoms with van der Waals surface area (Å²) in [6.45, 7) is 0. The molecule has 4 unspecified atom stereocenters. The molecule has 3 aromatic carbocycles. The summed E-state index contributed by atoms with van der Waals surface area (Å²) in [4.78, 5) is 68.7. The van der Waals surface area contributed by atoms with Crippen LogP contribution in [0, 0.1) is 17.8 Å². The van der Waals surface area contributed by atoms with Gasteiger partial charge in [-0.25, -0.2) is 0 Å². The molecule has 9 heteroatoms. The number of rotatable bonds is 4. The van der Waals surface area contributed by atoms with E-state index in [1.165, 1.54) is 23.1 Å². The molecular weight excluding hydrogens is 646 g/mol. The van der Waals surface area contributed by atoms with Crippen molar-refractivity contribution in [3.63, 3.8) is 0 Å². The molecule has 7 nitrogen and oxygen atoms in total. The van der Waals surface area contributed by atoms with Crippen LogP contribution in [0.25, 0.3) is 0 Å². The quantitative estimate of drug-likeness (QED) is 0.153. The molecule has 4 aliphatic rings. The molecule has 3 aromatic rings. The maximum Gasteiger partial charge on any atom is 0.238 e. The molecule has 4 atom stereocenters. The number of amides is 2.